The summed E-state index contributed by atoms with van der Waals surface area (Å²) in [6, 6.07) is 0. The van der Waals surface area contributed by atoms with Crippen molar-refractivity contribution in [3.05, 3.63) is 12.2 Å². The number of hydrogen-bond acceptors (Lipinski definition) is 1. The highest BCUT2D eigenvalue weighted by Crippen LogP contribution is 2.53. The Hall–Kier alpha value is -0.590. The quantitative estimate of drug-likeness (QED) is 0.499. The van der Waals surface area contributed by atoms with Gasteiger partial charge in [-0.3, -0.25) is 4.79 Å². The summed E-state index contributed by atoms with van der Waals surface area (Å²) in [5, 5.41) is 0. The number of Topliss-reactive ketones (excluding diaryl/α,β-unsaturated/α-hetero) is 1. The van der Waals surface area contributed by atoms with E-state index in [9.17, 15) is 4.79 Å². The van der Waals surface area contributed by atoms with E-state index in [1.165, 1.54) is 19.3 Å². The normalized spacial score (nSPS) is 49.8. The van der Waals surface area contributed by atoms with Crippen molar-refractivity contribution in [3.8, 4) is 0 Å². The van der Waals surface area contributed by atoms with E-state index in [0.29, 0.717) is 17.6 Å². The largest absolute Gasteiger partial charge is 0.299 e. The summed E-state index contributed by atoms with van der Waals surface area (Å²) in [6.07, 6.45) is 9.21. The van der Waals surface area contributed by atoms with Crippen molar-refractivity contribution in [2.45, 2.75) is 25.7 Å². The molecule has 0 saturated heterocycles. The molecule has 4 atom stereocenters. The number of ketones is 1. The molecule has 3 aliphatic carbocycles. The molecule has 0 aromatic carbocycles. The van der Waals surface area contributed by atoms with Gasteiger partial charge >= 0.3 is 0 Å². The van der Waals surface area contributed by atoms with Crippen LogP contribution in [0.2, 0.25) is 0 Å². The maximum Gasteiger partial charge on any atom is 0.139 e. The van der Waals surface area contributed by atoms with E-state index in [1.54, 1.807) is 0 Å². The van der Waals surface area contributed by atoms with E-state index in [2.05, 4.69) is 12.2 Å². The summed E-state index contributed by atoms with van der Waals surface area (Å²) >= 11 is 0. The first-order chi connectivity index (χ1) is 5.86. The fourth-order valence-corrected chi connectivity index (χ4v) is 3.47. The van der Waals surface area contributed by atoms with Gasteiger partial charge in [0.1, 0.15) is 5.78 Å². The molecule has 0 heterocycles. The highest BCUT2D eigenvalue weighted by atomic mass is 16.1. The van der Waals surface area contributed by atoms with Gasteiger partial charge in [-0.25, -0.2) is 0 Å². The van der Waals surface area contributed by atoms with Crippen LogP contribution in [0.3, 0.4) is 0 Å². The maximum absolute atomic E-state index is 11.7. The Morgan fingerprint density at radius 1 is 1.17 bits per heavy atom. The van der Waals surface area contributed by atoms with Crippen LogP contribution in [0.5, 0.6) is 0 Å². The highest BCUT2D eigenvalue weighted by molar-refractivity contribution is 5.87. The van der Waals surface area contributed by atoms with Crippen LogP contribution in [0, 0.1) is 23.7 Å². The molecule has 0 aromatic rings. The van der Waals surface area contributed by atoms with Gasteiger partial charge in [0.15, 0.2) is 0 Å². The molecule has 2 bridgehead atoms. The van der Waals surface area contributed by atoms with Gasteiger partial charge in [0.05, 0.1) is 0 Å². The zero-order valence-electron chi connectivity index (χ0n) is 7.20. The van der Waals surface area contributed by atoms with Crippen LogP contribution in [-0.4, -0.2) is 5.78 Å². The Morgan fingerprint density at radius 3 is 2.83 bits per heavy atom. The minimum absolute atomic E-state index is 0.424. The minimum Gasteiger partial charge on any atom is -0.299 e. The molecule has 3 aliphatic rings. The van der Waals surface area contributed by atoms with Gasteiger partial charge in [-0.15, -0.1) is 0 Å². The first-order valence-electron chi connectivity index (χ1n) is 5.05. The van der Waals surface area contributed by atoms with E-state index < -0.39 is 0 Å². The van der Waals surface area contributed by atoms with Crippen LogP contribution < -0.4 is 0 Å². The summed E-state index contributed by atoms with van der Waals surface area (Å²) in [5.41, 5.74) is 0. The van der Waals surface area contributed by atoms with Crippen molar-refractivity contribution in [1.82, 2.24) is 0 Å². The van der Waals surface area contributed by atoms with Crippen LogP contribution in [0.4, 0.5) is 0 Å². The molecule has 0 radical (unpaired) electrons. The summed E-state index contributed by atoms with van der Waals surface area (Å²) in [7, 11) is 0. The zero-order valence-corrected chi connectivity index (χ0v) is 7.20. The number of carbonyl (C=O) groups excluding carboxylic acids is 1. The number of hydrogen-bond donors (Lipinski definition) is 0. The molecule has 0 aliphatic heterocycles. The zero-order chi connectivity index (χ0) is 8.13. The number of rotatable bonds is 0. The summed E-state index contributed by atoms with van der Waals surface area (Å²) in [6.45, 7) is 0. The molecule has 3 rings (SSSR count). The summed E-state index contributed by atoms with van der Waals surface area (Å²) in [4.78, 5) is 11.7. The summed E-state index contributed by atoms with van der Waals surface area (Å²) in [5.74, 6) is 3.09. The fraction of sp³-hybridized carbons (Fsp3) is 0.727. The van der Waals surface area contributed by atoms with Gasteiger partial charge in [0.2, 0.25) is 0 Å². The van der Waals surface area contributed by atoms with E-state index in [0.717, 1.165) is 18.3 Å². The molecule has 0 spiro atoms. The Labute approximate surface area is 72.8 Å². The Morgan fingerprint density at radius 2 is 2.00 bits per heavy atom. The molecule has 2 fully saturated rings. The van der Waals surface area contributed by atoms with E-state index in [1.807, 2.05) is 0 Å². The second kappa shape index (κ2) is 2.21. The average Bonchev–Trinajstić information content (AvgIpc) is 2.55. The lowest BCUT2D eigenvalue weighted by atomic mass is 9.79. The van der Waals surface area contributed by atoms with Crippen molar-refractivity contribution < 1.29 is 4.79 Å². The molecule has 0 unspecified atom stereocenters. The Kier molecular flexibility index (Phi) is 1.27. The topological polar surface area (TPSA) is 17.1 Å². The molecule has 1 heteroatoms. The molecule has 64 valence electrons. The van der Waals surface area contributed by atoms with E-state index >= 15 is 0 Å². The number of fused-ring (bicyclic) bond motifs is 1. The first-order valence-corrected chi connectivity index (χ1v) is 5.05. The van der Waals surface area contributed by atoms with Crippen molar-refractivity contribution >= 4 is 5.78 Å². The standard InChI is InChI=1S/C11H14O/c12-11-8-5-7-3-1-2-4-9(11)10(7)6-8/h1-2,7-10H,3-6H2/t7-,8+,9-,10+/m1/s1. The predicted octanol–water partition coefficient (Wildman–Crippen LogP) is 2.18. The van der Waals surface area contributed by atoms with Crippen LogP contribution in [0.1, 0.15) is 25.7 Å². The molecule has 1 nitrogen and oxygen atoms in total. The third-order valence-electron chi connectivity index (χ3n) is 4.03. The number of allylic oxidation sites excluding steroid dienone is 2. The van der Waals surface area contributed by atoms with Crippen molar-refractivity contribution in [3.63, 3.8) is 0 Å². The highest BCUT2D eigenvalue weighted by Gasteiger charge is 2.51. The first kappa shape index (κ1) is 6.88. The summed E-state index contributed by atoms with van der Waals surface area (Å²) < 4.78 is 0. The molecular weight excluding hydrogens is 148 g/mol. The lowest BCUT2D eigenvalue weighted by molar-refractivity contribution is -0.126. The third kappa shape index (κ3) is 0.720. The second-order valence-electron chi connectivity index (χ2n) is 4.54. The van der Waals surface area contributed by atoms with Gasteiger partial charge in [-0.1, -0.05) is 12.2 Å². The van der Waals surface area contributed by atoms with Gasteiger partial charge < -0.3 is 0 Å². The van der Waals surface area contributed by atoms with E-state index in [-0.39, 0.29) is 0 Å². The smallest absolute Gasteiger partial charge is 0.139 e. The Balaban J connectivity index is 1.99. The van der Waals surface area contributed by atoms with Crippen LogP contribution >= 0.6 is 0 Å². The predicted molar refractivity (Wildman–Crippen MR) is 46.6 cm³/mol. The number of carbonyl (C=O) groups is 1. The van der Waals surface area contributed by atoms with Crippen LogP contribution in [0.15, 0.2) is 12.2 Å². The average molecular weight is 162 g/mol. The molecular formula is C11H14O. The lowest BCUT2D eigenvalue weighted by Crippen LogP contribution is -2.26. The van der Waals surface area contributed by atoms with Crippen molar-refractivity contribution in [2.75, 3.05) is 0 Å². The molecule has 0 amide bonds. The van der Waals surface area contributed by atoms with Gasteiger partial charge in [0, 0.05) is 11.8 Å². The van der Waals surface area contributed by atoms with Gasteiger partial charge in [-0.05, 0) is 37.5 Å². The minimum atomic E-state index is 0.424. The fourth-order valence-electron chi connectivity index (χ4n) is 3.47. The molecule has 12 heavy (non-hydrogen) atoms. The SMILES string of the molecule is O=C1[C@H]2C[C@H]3CC=CC[C@@H]1[C@H]3C2. The van der Waals surface area contributed by atoms with Crippen LogP contribution in [-0.2, 0) is 4.79 Å². The van der Waals surface area contributed by atoms with Gasteiger partial charge in [-0.2, -0.15) is 0 Å². The maximum atomic E-state index is 11.7. The molecule has 0 aromatic heterocycles. The van der Waals surface area contributed by atoms with Gasteiger partial charge in [0.25, 0.3) is 0 Å². The molecule has 2 saturated carbocycles. The lowest BCUT2D eigenvalue weighted by Gasteiger charge is -2.24. The van der Waals surface area contributed by atoms with Crippen molar-refractivity contribution in [2.24, 2.45) is 23.7 Å². The molecule has 0 N–H and O–H groups in total. The third-order valence-corrected chi connectivity index (χ3v) is 4.03. The Bertz CT molecular complexity index is 254. The van der Waals surface area contributed by atoms with E-state index in [4.69, 9.17) is 0 Å². The van der Waals surface area contributed by atoms with Crippen LogP contribution in [0.25, 0.3) is 0 Å². The van der Waals surface area contributed by atoms with Crippen molar-refractivity contribution in [1.29, 1.82) is 0 Å². The second-order valence-corrected chi connectivity index (χ2v) is 4.54. The monoisotopic (exact) mass is 162 g/mol.